The van der Waals surface area contributed by atoms with E-state index < -0.39 is 0 Å². The van der Waals surface area contributed by atoms with E-state index in [1.54, 1.807) is 6.20 Å². The lowest BCUT2D eigenvalue weighted by molar-refractivity contribution is -0.139. The van der Waals surface area contributed by atoms with Gasteiger partial charge < -0.3 is 15.1 Å². The minimum atomic E-state index is 0.324. The molecule has 0 spiro atoms. The summed E-state index contributed by atoms with van der Waals surface area (Å²) in [6, 6.07) is 9.64. The number of amides is 1. The van der Waals surface area contributed by atoms with Crippen LogP contribution in [0.15, 0.2) is 36.5 Å². The van der Waals surface area contributed by atoms with Gasteiger partial charge in [-0.2, -0.15) is 0 Å². The van der Waals surface area contributed by atoms with Crippen LogP contribution in [0, 0.1) is 23.2 Å². The predicted molar refractivity (Wildman–Crippen MR) is 124 cm³/mol. The van der Waals surface area contributed by atoms with Gasteiger partial charge in [-0.15, -0.1) is 10.2 Å². The summed E-state index contributed by atoms with van der Waals surface area (Å²) < 4.78 is 0. The van der Waals surface area contributed by atoms with Crippen LogP contribution < -0.4 is 10.2 Å². The first-order chi connectivity index (χ1) is 15.6. The van der Waals surface area contributed by atoms with Crippen molar-refractivity contribution >= 4 is 23.4 Å². The van der Waals surface area contributed by atoms with Gasteiger partial charge in [0.25, 0.3) is 0 Å². The van der Waals surface area contributed by atoms with Crippen molar-refractivity contribution in [1.82, 2.24) is 20.1 Å². The number of piperazine rings is 1. The fraction of sp³-hybridized carbons (Fsp3) is 0.600. The maximum absolute atomic E-state index is 13.2. The molecule has 4 bridgehead atoms. The third kappa shape index (κ3) is 3.93. The van der Waals surface area contributed by atoms with Crippen LogP contribution in [0.1, 0.15) is 44.9 Å². The predicted octanol–water partition coefficient (Wildman–Crippen LogP) is 3.87. The van der Waals surface area contributed by atoms with Crippen molar-refractivity contribution in [3.8, 4) is 0 Å². The van der Waals surface area contributed by atoms with Crippen LogP contribution in [0.2, 0.25) is 0 Å². The average Bonchev–Trinajstić information content (AvgIpc) is 2.79. The Balaban J connectivity index is 1.03. The van der Waals surface area contributed by atoms with Crippen LogP contribution >= 0.6 is 0 Å². The molecule has 7 rings (SSSR count). The van der Waals surface area contributed by atoms with Crippen LogP contribution in [0.5, 0.6) is 0 Å². The van der Waals surface area contributed by atoms with Crippen LogP contribution in [-0.2, 0) is 4.79 Å². The lowest BCUT2D eigenvalue weighted by Crippen LogP contribution is -2.52. The smallest absolute Gasteiger partial charge is 0.223 e. The SMILES string of the molecule is O=C(CC12CC3CC(CC(C3)C1)C2)N1CCN(c2ccc(Nc3ccccn3)nn2)CC1. The molecule has 1 amide bonds. The molecule has 4 aliphatic carbocycles. The molecule has 32 heavy (non-hydrogen) atoms. The summed E-state index contributed by atoms with van der Waals surface area (Å²) in [6.45, 7) is 3.18. The summed E-state index contributed by atoms with van der Waals surface area (Å²) in [5.41, 5.74) is 0.324. The van der Waals surface area contributed by atoms with E-state index in [2.05, 4.69) is 30.3 Å². The number of hydrogen-bond acceptors (Lipinski definition) is 6. The van der Waals surface area contributed by atoms with E-state index in [0.717, 1.165) is 62.0 Å². The normalized spacial score (nSPS) is 31.1. The van der Waals surface area contributed by atoms with Gasteiger partial charge in [-0.25, -0.2) is 4.98 Å². The maximum atomic E-state index is 13.2. The van der Waals surface area contributed by atoms with E-state index in [1.807, 2.05) is 30.3 Å². The van der Waals surface area contributed by atoms with Gasteiger partial charge in [0.1, 0.15) is 5.82 Å². The summed E-state index contributed by atoms with van der Waals surface area (Å²) in [5, 5.41) is 11.9. The highest BCUT2D eigenvalue weighted by Gasteiger charge is 2.51. The fourth-order valence-electron chi connectivity index (χ4n) is 7.25. The topological polar surface area (TPSA) is 74.2 Å². The van der Waals surface area contributed by atoms with Crippen LogP contribution in [0.25, 0.3) is 0 Å². The molecule has 3 heterocycles. The van der Waals surface area contributed by atoms with E-state index in [0.29, 0.717) is 17.1 Å². The van der Waals surface area contributed by atoms with Crippen LogP contribution in [-0.4, -0.2) is 52.2 Å². The molecule has 0 unspecified atom stereocenters. The first-order valence-electron chi connectivity index (χ1n) is 12.2. The van der Waals surface area contributed by atoms with Gasteiger partial charge >= 0.3 is 0 Å². The Bertz CT molecular complexity index is 919. The first kappa shape index (κ1) is 19.9. The van der Waals surface area contributed by atoms with Gasteiger partial charge in [-0.05, 0) is 86.0 Å². The number of hydrogen-bond donors (Lipinski definition) is 1. The van der Waals surface area contributed by atoms with Gasteiger partial charge in [0.05, 0.1) is 0 Å². The third-order valence-electron chi connectivity index (χ3n) is 8.22. The molecule has 2 aromatic rings. The van der Waals surface area contributed by atoms with Crippen molar-refractivity contribution in [3.63, 3.8) is 0 Å². The molecule has 1 N–H and O–H groups in total. The van der Waals surface area contributed by atoms with E-state index in [9.17, 15) is 4.79 Å². The van der Waals surface area contributed by atoms with Gasteiger partial charge in [0.15, 0.2) is 11.6 Å². The van der Waals surface area contributed by atoms with Gasteiger partial charge in [-0.1, -0.05) is 6.07 Å². The number of aromatic nitrogens is 3. The highest BCUT2D eigenvalue weighted by molar-refractivity contribution is 5.77. The summed E-state index contributed by atoms with van der Waals surface area (Å²) in [5.74, 6) is 5.38. The number of rotatable bonds is 5. The second kappa shape index (κ2) is 8.01. The lowest BCUT2D eigenvalue weighted by atomic mass is 9.49. The second-order valence-corrected chi connectivity index (χ2v) is 10.6. The molecule has 0 radical (unpaired) electrons. The minimum Gasteiger partial charge on any atom is -0.352 e. The molecular formula is C25H32N6O. The standard InChI is InChI=1S/C25H32N6O/c32-24(17-25-14-18-11-19(15-25)13-20(12-18)16-25)31-9-7-30(8-10-31)23-5-4-22(28-29-23)27-21-3-1-2-6-26-21/h1-6,18-20H,7-17H2,(H,26,27,28). The number of carbonyl (C=O) groups excluding carboxylic acids is 1. The van der Waals surface area contributed by atoms with Crippen LogP contribution in [0.3, 0.4) is 0 Å². The molecule has 1 saturated heterocycles. The Morgan fingerprint density at radius 3 is 2.22 bits per heavy atom. The molecular weight excluding hydrogens is 400 g/mol. The Morgan fingerprint density at radius 1 is 0.906 bits per heavy atom. The zero-order valence-electron chi connectivity index (χ0n) is 18.6. The third-order valence-corrected chi connectivity index (χ3v) is 8.22. The summed E-state index contributed by atoms with van der Waals surface area (Å²) in [7, 11) is 0. The van der Waals surface area contributed by atoms with E-state index in [4.69, 9.17) is 0 Å². The molecule has 5 fully saturated rings. The van der Waals surface area contributed by atoms with Crippen molar-refractivity contribution in [1.29, 1.82) is 0 Å². The van der Waals surface area contributed by atoms with Crippen molar-refractivity contribution in [2.45, 2.75) is 44.9 Å². The summed E-state index contributed by atoms with van der Waals surface area (Å²) in [4.78, 5) is 21.8. The summed E-state index contributed by atoms with van der Waals surface area (Å²) in [6.07, 6.45) is 10.7. The van der Waals surface area contributed by atoms with Gasteiger partial charge in [0, 0.05) is 38.8 Å². The van der Waals surface area contributed by atoms with E-state index in [-0.39, 0.29) is 0 Å². The molecule has 0 aromatic carbocycles. The molecule has 2 aromatic heterocycles. The average molecular weight is 433 g/mol. The first-order valence-corrected chi connectivity index (χ1v) is 12.2. The van der Waals surface area contributed by atoms with Gasteiger partial charge in [-0.3, -0.25) is 4.79 Å². The number of anilines is 3. The molecule has 4 saturated carbocycles. The monoisotopic (exact) mass is 432 g/mol. The maximum Gasteiger partial charge on any atom is 0.223 e. The van der Waals surface area contributed by atoms with Crippen molar-refractivity contribution in [3.05, 3.63) is 36.5 Å². The number of nitrogens with zero attached hydrogens (tertiary/aromatic N) is 5. The molecule has 1 aliphatic heterocycles. The Hall–Kier alpha value is -2.70. The summed E-state index contributed by atoms with van der Waals surface area (Å²) >= 11 is 0. The zero-order valence-corrected chi connectivity index (χ0v) is 18.6. The zero-order chi connectivity index (χ0) is 21.5. The Morgan fingerprint density at radius 2 is 1.62 bits per heavy atom. The Kier molecular flexibility index (Phi) is 5.00. The van der Waals surface area contributed by atoms with Crippen molar-refractivity contribution in [2.75, 3.05) is 36.4 Å². The lowest BCUT2D eigenvalue weighted by Gasteiger charge is -2.57. The number of nitrogens with one attached hydrogen (secondary N) is 1. The largest absolute Gasteiger partial charge is 0.352 e. The van der Waals surface area contributed by atoms with E-state index in [1.165, 1.54) is 38.5 Å². The molecule has 168 valence electrons. The van der Waals surface area contributed by atoms with Crippen molar-refractivity contribution in [2.24, 2.45) is 23.2 Å². The molecule has 5 aliphatic rings. The highest BCUT2D eigenvalue weighted by Crippen LogP contribution is 2.61. The second-order valence-electron chi connectivity index (χ2n) is 10.6. The van der Waals surface area contributed by atoms with E-state index >= 15 is 0 Å². The Labute approximate surface area is 189 Å². The quantitative estimate of drug-likeness (QED) is 0.773. The number of pyridine rings is 1. The fourth-order valence-corrected chi connectivity index (χ4v) is 7.25. The van der Waals surface area contributed by atoms with Gasteiger partial charge in [0.2, 0.25) is 5.91 Å². The molecule has 0 atom stereocenters. The number of carbonyl (C=O) groups is 1. The minimum absolute atomic E-state index is 0.324. The van der Waals surface area contributed by atoms with Crippen molar-refractivity contribution < 1.29 is 4.79 Å². The van der Waals surface area contributed by atoms with Crippen LogP contribution in [0.4, 0.5) is 17.5 Å². The molecule has 7 heteroatoms. The molecule has 7 nitrogen and oxygen atoms in total. The highest BCUT2D eigenvalue weighted by atomic mass is 16.2.